The van der Waals surface area contributed by atoms with Crippen molar-refractivity contribution in [1.29, 1.82) is 0 Å². The van der Waals surface area contributed by atoms with Crippen LogP contribution in [0.15, 0.2) is 18.2 Å². The lowest BCUT2D eigenvalue weighted by atomic mass is 10.1. The van der Waals surface area contributed by atoms with Crippen LogP contribution in [0.5, 0.6) is 0 Å². The van der Waals surface area contributed by atoms with Crippen molar-refractivity contribution >= 4 is 47.4 Å². The maximum Gasteiger partial charge on any atom is 0.417 e. The third-order valence-electron chi connectivity index (χ3n) is 2.99. The van der Waals surface area contributed by atoms with E-state index in [9.17, 15) is 18.0 Å². The Hall–Kier alpha value is -0.630. The zero-order valence-electron chi connectivity index (χ0n) is 11.4. The van der Waals surface area contributed by atoms with Crippen LogP contribution in [0.3, 0.4) is 0 Å². The molecule has 9 heteroatoms. The van der Waals surface area contributed by atoms with E-state index in [4.69, 9.17) is 11.6 Å². The number of anilines is 1. The minimum Gasteiger partial charge on any atom is -0.326 e. The quantitative estimate of drug-likeness (QED) is 0.844. The van der Waals surface area contributed by atoms with Gasteiger partial charge in [-0.1, -0.05) is 11.6 Å². The minimum absolute atomic E-state index is 0. The molecule has 0 radical (unpaired) electrons. The average Bonchev–Trinajstić information content (AvgIpc) is 2.41. The zero-order chi connectivity index (χ0) is 15.5. The fraction of sp³-hybridized carbons (Fsp3) is 0.462. The van der Waals surface area contributed by atoms with Crippen molar-refractivity contribution in [2.24, 2.45) is 0 Å². The first-order valence-electron chi connectivity index (χ1n) is 6.34. The molecule has 1 amide bonds. The highest BCUT2D eigenvalue weighted by atomic mass is 35.5. The van der Waals surface area contributed by atoms with Crippen LogP contribution in [-0.4, -0.2) is 30.0 Å². The minimum atomic E-state index is -4.54. The van der Waals surface area contributed by atoms with Gasteiger partial charge >= 0.3 is 6.18 Å². The molecule has 1 aromatic rings. The number of alkyl halides is 3. The Kier molecular flexibility index (Phi) is 7.31. The second kappa shape index (κ2) is 8.29. The van der Waals surface area contributed by atoms with Crippen LogP contribution in [-0.2, 0) is 11.0 Å². The molecule has 2 rings (SSSR count). The van der Waals surface area contributed by atoms with Gasteiger partial charge in [0.2, 0.25) is 5.91 Å². The third-order valence-corrected chi connectivity index (χ3v) is 4.45. The molecule has 1 saturated heterocycles. The van der Waals surface area contributed by atoms with Crippen molar-refractivity contribution in [2.45, 2.75) is 18.6 Å². The molecule has 1 unspecified atom stereocenters. The number of amides is 1. The highest BCUT2D eigenvalue weighted by Gasteiger charge is 2.33. The van der Waals surface area contributed by atoms with E-state index in [0.717, 1.165) is 30.2 Å². The Labute approximate surface area is 141 Å². The van der Waals surface area contributed by atoms with Gasteiger partial charge in [0.1, 0.15) is 0 Å². The first-order chi connectivity index (χ1) is 9.86. The highest BCUT2D eigenvalue weighted by Crippen LogP contribution is 2.36. The number of benzene rings is 1. The average molecular weight is 375 g/mol. The molecule has 1 fully saturated rings. The van der Waals surface area contributed by atoms with Crippen LogP contribution in [0.4, 0.5) is 18.9 Å². The number of carbonyl (C=O) groups excluding carboxylic acids is 1. The SMILES string of the molecule is Cl.O=C(CC1CSCCN1)Nc1ccc(Cl)c(C(F)(F)F)c1. The molecule has 1 heterocycles. The van der Waals surface area contributed by atoms with Crippen molar-refractivity contribution in [3.05, 3.63) is 28.8 Å². The summed E-state index contributed by atoms with van der Waals surface area (Å²) in [7, 11) is 0. The predicted octanol–water partition coefficient (Wildman–Crippen LogP) is 3.81. The first kappa shape index (κ1) is 19.4. The molecule has 0 saturated carbocycles. The maximum absolute atomic E-state index is 12.7. The van der Waals surface area contributed by atoms with E-state index < -0.39 is 11.7 Å². The van der Waals surface area contributed by atoms with E-state index in [1.807, 2.05) is 0 Å². The van der Waals surface area contributed by atoms with Gasteiger partial charge in [0.05, 0.1) is 10.6 Å². The van der Waals surface area contributed by atoms with E-state index in [0.29, 0.717) is 0 Å². The smallest absolute Gasteiger partial charge is 0.326 e. The summed E-state index contributed by atoms with van der Waals surface area (Å²) in [4.78, 5) is 11.9. The number of rotatable bonds is 3. The van der Waals surface area contributed by atoms with E-state index >= 15 is 0 Å². The van der Waals surface area contributed by atoms with Gasteiger partial charge in [0.25, 0.3) is 0 Å². The predicted molar refractivity (Wildman–Crippen MR) is 86.1 cm³/mol. The van der Waals surface area contributed by atoms with Crippen LogP contribution < -0.4 is 10.6 Å². The number of nitrogens with one attached hydrogen (secondary N) is 2. The Balaban J connectivity index is 0.00000242. The Morgan fingerprint density at radius 1 is 1.45 bits per heavy atom. The van der Waals surface area contributed by atoms with Crippen LogP contribution in [0.25, 0.3) is 0 Å². The summed E-state index contributed by atoms with van der Waals surface area (Å²) in [5.74, 6) is 1.51. The Bertz CT molecular complexity index is 522. The summed E-state index contributed by atoms with van der Waals surface area (Å²) < 4.78 is 38.2. The van der Waals surface area contributed by atoms with Gasteiger partial charge in [0.15, 0.2) is 0 Å². The van der Waals surface area contributed by atoms with Gasteiger partial charge in [-0.15, -0.1) is 12.4 Å². The van der Waals surface area contributed by atoms with Crippen molar-refractivity contribution < 1.29 is 18.0 Å². The van der Waals surface area contributed by atoms with Crippen molar-refractivity contribution in [1.82, 2.24) is 5.32 Å². The summed E-state index contributed by atoms with van der Waals surface area (Å²) in [6.45, 7) is 0.835. The summed E-state index contributed by atoms with van der Waals surface area (Å²) in [6.07, 6.45) is -4.31. The van der Waals surface area contributed by atoms with Crippen LogP contribution in [0.1, 0.15) is 12.0 Å². The maximum atomic E-state index is 12.7. The largest absolute Gasteiger partial charge is 0.417 e. The number of halogens is 5. The molecule has 1 aromatic carbocycles. The second-order valence-corrected chi connectivity index (χ2v) is 6.23. The molecule has 3 nitrogen and oxygen atoms in total. The molecule has 0 aromatic heterocycles. The summed E-state index contributed by atoms with van der Waals surface area (Å²) in [5.41, 5.74) is -0.853. The lowest BCUT2D eigenvalue weighted by Gasteiger charge is -2.22. The van der Waals surface area contributed by atoms with E-state index in [2.05, 4.69) is 10.6 Å². The van der Waals surface area contributed by atoms with Crippen molar-refractivity contribution in [3.63, 3.8) is 0 Å². The highest BCUT2D eigenvalue weighted by molar-refractivity contribution is 7.99. The van der Waals surface area contributed by atoms with Crippen LogP contribution in [0.2, 0.25) is 5.02 Å². The van der Waals surface area contributed by atoms with Gasteiger partial charge in [-0.25, -0.2) is 0 Å². The lowest BCUT2D eigenvalue weighted by Crippen LogP contribution is -2.39. The van der Waals surface area contributed by atoms with Gasteiger partial charge in [-0.05, 0) is 18.2 Å². The fourth-order valence-corrected chi connectivity index (χ4v) is 3.18. The first-order valence-corrected chi connectivity index (χ1v) is 7.87. The molecule has 0 aliphatic carbocycles. The normalized spacial score (nSPS) is 18.5. The molecule has 0 spiro atoms. The van der Waals surface area contributed by atoms with Gasteiger partial charge in [-0.3, -0.25) is 4.79 Å². The molecular formula is C13H15Cl2F3N2OS. The summed E-state index contributed by atoms with van der Waals surface area (Å²) in [5, 5.41) is 5.30. The van der Waals surface area contributed by atoms with Crippen molar-refractivity contribution in [2.75, 3.05) is 23.4 Å². The molecule has 22 heavy (non-hydrogen) atoms. The van der Waals surface area contributed by atoms with Crippen molar-refractivity contribution in [3.8, 4) is 0 Å². The number of hydrogen-bond donors (Lipinski definition) is 2. The Morgan fingerprint density at radius 2 is 2.18 bits per heavy atom. The summed E-state index contributed by atoms with van der Waals surface area (Å²) >= 11 is 7.28. The molecule has 2 N–H and O–H groups in total. The standard InChI is InChI=1S/C13H14ClF3N2OS.ClH/c14-11-2-1-8(5-10(11)13(15,16)17)19-12(20)6-9-7-21-4-3-18-9;/h1-2,5,9,18H,3-4,6-7H2,(H,19,20);1H. The zero-order valence-corrected chi connectivity index (χ0v) is 13.8. The molecule has 0 bridgehead atoms. The number of hydrogen-bond acceptors (Lipinski definition) is 3. The molecule has 1 aliphatic rings. The fourth-order valence-electron chi connectivity index (χ4n) is 2.01. The molecule has 1 aliphatic heterocycles. The lowest BCUT2D eigenvalue weighted by molar-refractivity contribution is -0.137. The van der Waals surface area contributed by atoms with Crippen LogP contribution in [0, 0.1) is 0 Å². The molecular weight excluding hydrogens is 360 g/mol. The van der Waals surface area contributed by atoms with E-state index in [1.165, 1.54) is 6.07 Å². The molecule has 124 valence electrons. The number of thioether (sulfide) groups is 1. The van der Waals surface area contributed by atoms with E-state index in [1.54, 1.807) is 11.8 Å². The second-order valence-electron chi connectivity index (χ2n) is 4.67. The van der Waals surface area contributed by atoms with Gasteiger partial charge in [-0.2, -0.15) is 24.9 Å². The van der Waals surface area contributed by atoms with E-state index in [-0.39, 0.29) is 41.5 Å². The van der Waals surface area contributed by atoms with Gasteiger partial charge in [0, 0.05) is 36.2 Å². The topological polar surface area (TPSA) is 41.1 Å². The third kappa shape index (κ3) is 5.53. The molecule has 1 atom stereocenters. The van der Waals surface area contributed by atoms with Gasteiger partial charge < -0.3 is 10.6 Å². The number of carbonyl (C=O) groups is 1. The monoisotopic (exact) mass is 374 g/mol. The Morgan fingerprint density at radius 3 is 2.77 bits per heavy atom. The van der Waals surface area contributed by atoms with Crippen LogP contribution >= 0.6 is 35.8 Å². The summed E-state index contributed by atoms with van der Waals surface area (Å²) in [6, 6.07) is 3.40.